The highest BCUT2D eigenvalue weighted by Crippen LogP contribution is 2.32. The van der Waals surface area contributed by atoms with Gasteiger partial charge in [-0.1, -0.05) is 29.8 Å². The van der Waals surface area contributed by atoms with Crippen LogP contribution in [-0.2, 0) is 6.54 Å². The Bertz CT molecular complexity index is 1320. The minimum Gasteiger partial charge on any atom is -0.454 e. The average molecular weight is 414 g/mol. The second kappa shape index (κ2) is 7.72. The van der Waals surface area contributed by atoms with Crippen molar-refractivity contribution >= 4 is 16.8 Å². The van der Waals surface area contributed by atoms with Gasteiger partial charge in [-0.25, -0.2) is 9.37 Å². The smallest absolute Gasteiger partial charge is 0.252 e. The molecule has 5 nitrogen and oxygen atoms in total. The van der Waals surface area contributed by atoms with E-state index in [0.717, 1.165) is 16.5 Å². The topological polar surface area (TPSA) is 60.5 Å². The number of aryl methyl sites for hydroxylation is 1. The number of pyridine rings is 1. The number of nitrogens with one attached hydrogen (secondary N) is 1. The van der Waals surface area contributed by atoms with Crippen molar-refractivity contribution in [3.05, 3.63) is 89.2 Å². The molecule has 1 aliphatic rings. The lowest BCUT2D eigenvalue weighted by Crippen LogP contribution is -2.23. The minimum atomic E-state index is -0.381. The van der Waals surface area contributed by atoms with Gasteiger partial charge in [-0.2, -0.15) is 0 Å². The Morgan fingerprint density at radius 1 is 1.03 bits per heavy atom. The van der Waals surface area contributed by atoms with Crippen LogP contribution < -0.4 is 14.8 Å². The molecule has 1 amide bonds. The van der Waals surface area contributed by atoms with Gasteiger partial charge >= 0.3 is 0 Å². The maximum atomic E-state index is 14.4. The van der Waals surface area contributed by atoms with Crippen LogP contribution in [0.25, 0.3) is 22.2 Å². The first-order chi connectivity index (χ1) is 15.1. The van der Waals surface area contributed by atoms with Crippen LogP contribution in [0.5, 0.6) is 11.5 Å². The first kappa shape index (κ1) is 19.1. The lowest BCUT2D eigenvalue weighted by atomic mass is 10.0. The Morgan fingerprint density at radius 2 is 1.87 bits per heavy atom. The molecule has 1 aromatic heterocycles. The lowest BCUT2D eigenvalue weighted by molar-refractivity contribution is 0.0952. The van der Waals surface area contributed by atoms with Gasteiger partial charge in [0.05, 0.1) is 16.8 Å². The summed E-state index contributed by atoms with van der Waals surface area (Å²) in [4.78, 5) is 17.8. The summed E-state index contributed by atoms with van der Waals surface area (Å²) in [6.45, 7) is 2.48. The van der Waals surface area contributed by atoms with E-state index < -0.39 is 0 Å². The van der Waals surface area contributed by atoms with E-state index in [9.17, 15) is 9.18 Å². The Morgan fingerprint density at radius 3 is 2.74 bits per heavy atom. The second-order valence-corrected chi connectivity index (χ2v) is 7.43. The molecular formula is C25H19FN2O3. The molecule has 2 heterocycles. The van der Waals surface area contributed by atoms with Crippen molar-refractivity contribution in [2.24, 2.45) is 0 Å². The Balaban J connectivity index is 1.50. The number of hydrogen-bond donors (Lipinski definition) is 1. The molecule has 31 heavy (non-hydrogen) atoms. The van der Waals surface area contributed by atoms with E-state index in [2.05, 4.69) is 10.3 Å². The van der Waals surface area contributed by atoms with Gasteiger partial charge in [0.25, 0.3) is 5.91 Å². The van der Waals surface area contributed by atoms with Gasteiger partial charge in [-0.3, -0.25) is 4.79 Å². The molecule has 0 saturated carbocycles. The normalized spacial score (nSPS) is 12.2. The summed E-state index contributed by atoms with van der Waals surface area (Å²) in [5.41, 5.74) is 3.77. The van der Waals surface area contributed by atoms with E-state index in [-0.39, 0.29) is 18.5 Å². The number of aromatic nitrogens is 1. The van der Waals surface area contributed by atoms with Crippen molar-refractivity contribution in [1.82, 2.24) is 10.3 Å². The maximum Gasteiger partial charge on any atom is 0.252 e. The number of fused-ring (bicyclic) bond motifs is 2. The highest BCUT2D eigenvalue weighted by atomic mass is 19.1. The molecule has 0 saturated heterocycles. The third kappa shape index (κ3) is 3.68. The third-order valence-electron chi connectivity index (χ3n) is 5.25. The summed E-state index contributed by atoms with van der Waals surface area (Å²) in [5.74, 6) is 0.722. The molecule has 3 aromatic carbocycles. The SMILES string of the molecule is Cc1ccc2nc(-c3ccccc3F)cc(C(=O)NCc3ccc4c(c3)OCO4)c2c1. The van der Waals surface area contributed by atoms with Crippen LogP contribution in [0.3, 0.4) is 0 Å². The minimum absolute atomic E-state index is 0.201. The Labute approximate surface area is 178 Å². The van der Waals surface area contributed by atoms with E-state index in [1.165, 1.54) is 6.07 Å². The van der Waals surface area contributed by atoms with Crippen LogP contribution in [-0.4, -0.2) is 17.7 Å². The van der Waals surface area contributed by atoms with Crippen LogP contribution in [0.4, 0.5) is 4.39 Å². The molecule has 0 spiro atoms. The van der Waals surface area contributed by atoms with Crippen molar-refractivity contribution < 1.29 is 18.7 Å². The highest BCUT2D eigenvalue weighted by molar-refractivity contribution is 6.07. The van der Waals surface area contributed by atoms with Gasteiger partial charge < -0.3 is 14.8 Å². The van der Waals surface area contributed by atoms with Gasteiger partial charge in [-0.15, -0.1) is 0 Å². The molecule has 6 heteroatoms. The zero-order valence-electron chi connectivity index (χ0n) is 16.8. The van der Waals surface area contributed by atoms with Gasteiger partial charge in [0.2, 0.25) is 6.79 Å². The highest BCUT2D eigenvalue weighted by Gasteiger charge is 2.17. The monoisotopic (exact) mass is 414 g/mol. The van der Waals surface area contributed by atoms with E-state index in [0.29, 0.717) is 40.4 Å². The molecule has 154 valence electrons. The van der Waals surface area contributed by atoms with E-state index in [4.69, 9.17) is 9.47 Å². The number of amides is 1. The molecule has 5 rings (SSSR count). The van der Waals surface area contributed by atoms with Crippen molar-refractivity contribution in [2.75, 3.05) is 6.79 Å². The summed E-state index contributed by atoms with van der Waals surface area (Å²) in [7, 11) is 0. The fourth-order valence-electron chi connectivity index (χ4n) is 3.66. The van der Waals surface area contributed by atoms with Crippen LogP contribution in [0.1, 0.15) is 21.5 Å². The number of carbonyl (C=O) groups excluding carboxylic acids is 1. The number of carbonyl (C=O) groups is 1. The Kier molecular flexibility index (Phi) is 4.75. The quantitative estimate of drug-likeness (QED) is 0.510. The molecule has 0 fully saturated rings. The lowest BCUT2D eigenvalue weighted by Gasteiger charge is -2.12. The molecule has 0 unspecified atom stereocenters. The van der Waals surface area contributed by atoms with Crippen molar-refractivity contribution in [3.8, 4) is 22.8 Å². The number of rotatable bonds is 4. The first-order valence-corrected chi connectivity index (χ1v) is 9.91. The number of halogens is 1. The predicted octanol–water partition coefficient (Wildman–Crippen LogP) is 5.01. The van der Waals surface area contributed by atoms with E-state index in [1.54, 1.807) is 24.3 Å². The van der Waals surface area contributed by atoms with E-state index >= 15 is 0 Å². The number of hydrogen-bond acceptors (Lipinski definition) is 4. The first-order valence-electron chi connectivity index (χ1n) is 9.91. The third-order valence-corrected chi connectivity index (χ3v) is 5.25. The van der Waals surface area contributed by atoms with Crippen molar-refractivity contribution in [3.63, 3.8) is 0 Å². The summed E-state index contributed by atoms with van der Waals surface area (Å²) in [6.07, 6.45) is 0. The fourth-order valence-corrected chi connectivity index (χ4v) is 3.66. The number of nitrogens with zero attached hydrogens (tertiary/aromatic N) is 1. The zero-order chi connectivity index (χ0) is 21.4. The van der Waals surface area contributed by atoms with Gasteiger partial charge in [0.15, 0.2) is 11.5 Å². The average Bonchev–Trinajstić information content (AvgIpc) is 3.25. The summed E-state index contributed by atoms with van der Waals surface area (Å²) >= 11 is 0. The van der Waals surface area contributed by atoms with E-state index in [1.807, 2.05) is 43.3 Å². The zero-order valence-corrected chi connectivity index (χ0v) is 16.8. The molecule has 0 atom stereocenters. The molecule has 4 aromatic rings. The summed E-state index contributed by atoms with van der Waals surface area (Å²) in [6, 6.07) is 19.3. The predicted molar refractivity (Wildman–Crippen MR) is 116 cm³/mol. The standard InChI is InChI=1S/C25H19FN2O3/c1-15-6-8-21-18(10-15)19(12-22(28-21)17-4-2-3-5-20(17)26)25(29)27-13-16-7-9-23-24(11-16)31-14-30-23/h2-12H,13-14H2,1H3,(H,27,29). The maximum absolute atomic E-state index is 14.4. The molecular weight excluding hydrogens is 395 g/mol. The van der Waals surface area contributed by atoms with Crippen LogP contribution >= 0.6 is 0 Å². The van der Waals surface area contributed by atoms with Gasteiger partial charge in [-0.05, 0) is 55.0 Å². The summed E-state index contributed by atoms with van der Waals surface area (Å²) in [5, 5.41) is 3.68. The van der Waals surface area contributed by atoms with Crippen molar-refractivity contribution in [2.45, 2.75) is 13.5 Å². The van der Waals surface area contributed by atoms with Gasteiger partial charge in [0, 0.05) is 17.5 Å². The fraction of sp³-hybridized carbons (Fsp3) is 0.120. The van der Waals surface area contributed by atoms with Gasteiger partial charge in [0.1, 0.15) is 5.82 Å². The number of ether oxygens (including phenoxy) is 2. The molecule has 0 bridgehead atoms. The van der Waals surface area contributed by atoms with Crippen LogP contribution in [0.15, 0.2) is 66.7 Å². The molecule has 0 aliphatic carbocycles. The summed E-state index contributed by atoms with van der Waals surface area (Å²) < 4.78 is 25.1. The molecule has 0 radical (unpaired) electrons. The molecule has 1 N–H and O–H groups in total. The van der Waals surface area contributed by atoms with Crippen molar-refractivity contribution in [1.29, 1.82) is 0 Å². The second-order valence-electron chi connectivity index (χ2n) is 7.43. The Hall–Kier alpha value is -3.93. The molecule has 1 aliphatic heterocycles. The largest absolute Gasteiger partial charge is 0.454 e. The number of benzene rings is 3. The van der Waals surface area contributed by atoms with Crippen LogP contribution in [0.2, 0.25) is 0 Å². The van der Waals surface area contributed by atoms with Crippen LogP contribution in [0, 0.1) is 12.7 Å².